The van der Waals surface area contributed by atoms with E-state index in [1.807, 2.05) is 12.1 Å². The Balaban J connectivity index is 0.000000183. The van der Waals surface area contributed by atoms with Gasteiger partial charge in [-0.2, -0.15) is 9.61 Å². The molecule has 0 bridgehead atoms. The van der Waals surface area contributed by atoms with Gasteiger partial charge in [0, 0.05) is 69.4 Å². The molecule has 16 heteroatoms. The Morgan fingerprint density at radius 2 is 1.84 bits per heavy atom. The second-order valence-corrected chi connectivity index (χ2v) is 14.7. The van der Waals surface area contributed by atoms with E-state index in [1.54, 1.807) is 34.5 Å². The monoisotopic (exact) mass is 763 g/mol. The Hall–Kier alpha value is -6.03. The number of piperazine rings is 1. The molecule has 3 fully saturated rings. The van der Waals surface area contributed by atoms with Gasteiger partial charge < -0.3 is 26.1 Å². The van der Waals surface area contributed by atoms with Gasteiger partial charge in [0.1, 0.15) is 11.8 Å². The third-order valence-electron chi connectivity index (χ3n) is 11.2. The molecule has 1 unspecified atom stereocenters. The summed E-state index contributed by atoms with van der Waals surface area (Å²) >= 11 is 0. The third-order valence-corrected chi connectivity index (χ3v) is 11.2. The molecular weight excluding hydrogens is 715 g/mol. The van der Waals surface area contributed by atoms with Gasteiger partial charge >= 0.3 is 5.69 Å². The summed E-state index contributed by atoms with van der Waals surface area (Å²) in [6.45, 7) is 5.12. The van der Waals surface area contributed by atoms with Gasteiger partial charge in [0.15, 0.2) is 11.5 Å². The van der Waals surface area contributed by atoms with E-state index in [1.165, 1.54) is 75.0 Å². The standard InChI is InChI=1S/C25H35N5O3.C15H14N6O2/c1-27-23-19(29-16-14-28(15-17-29)13-12-18-6-3-2-4-7-18)8-5-9-20(23)30(25(27)33)21-10-11-22(31)26-24(21)32;1-23-12-6-11(17)9(7-16)5-10(12)15(22)20-14-8-18-13-3-2-4-19-21(13)14/h5,8-9,18,21H,2-4,6-7,10-17H2,1H3,(H,26,31,32);2-8,16H,17H2,1H3,(H,20,22). The molecule has 5 N–H and O–H groups in total. The van der Waals surface area contributed by atoms with Crippen molar-refractivity contribution in [2.45, 2.75) is 57.4 Å². The van der Waals surface area contributed by atoms with Gasteiger partial charge in [0.2, 0.25) is 11.8 Å². The van der Waals surface area contributed by atoms with Crippen LogP contribution in [0.25, 0.3) is 16.7 Å². The Labute approximate surface area is 324 Å². The SMILES string of the molecule is COc1cc(N)c(C=N)cc1C(=O)Nc1cnc2cccnn12.Cn1c(=O)n(C2CCC(=O)NC2=O)c2cccc(N3CCN(CCC4CCCCC4)CC3)c21. The number of para-hydroxylation sites is 1. The topological polar surface area (TPSA) is 198 Å². The minimum atomic E-state index is -0.647. The number of aryl methyl sites for hydroxylation is 1. The van der Waals surface area contributed by atoms with Gasteiger partial charge in [-0.25, -0.2) is 9.78 Å². The molecule has 3 aromatic heterocycles. The van der Waals surface area contributed by atoms with Crippen LogP contribution in [0.1, 0.15) is 73.3 Å². The van der Waals surface area contributed by atoms with Crippen molar-refractivity contribution in [3.63, 3.8) is 0 Å². The number of carbonyl (C=O) groups is 3. The largest absolute Gasteiger partial charge is 0.496 e. The molecule has 5 aromatic rings. The van der Waals surface area contributed by atoms with Gasteiger partial charge in [-0.05, 0) is 55.6 Å². The first kappa shape index (κ1) is 38.3. The van der Waals surface area contributed by atoms with E-state index in [2.05, 4.69) is 36.6 Å². The average molecular weight is 764 g/mol. The number of amides is 3. The summed E-state index contributed by atoms with van der Waals surface area (Å²) in [5.41, 5.74) is 9.95. The van der Waals surface area contributed by atoms with Gasteiger partial charge in [-0.3, -0.25) is 33.7 Å². The minimum Gasteiger partial charge on any atom is -0.496 e. The summed E-state index contributed by atoms with van der Waals surface area (Å²) in [5.74, 6) is 0.599. The Morgan fingerprint density at radius 1 is 1.05 bits per heavy atom. The molecular formula is C40H49N11O5. The van der Waals surface area contributed by atoms with Crippen LogP contribution in [0.15, 0.2) is 59.7 Å². The second kappa shape index (κ2) is 16.8. The number of nitrogens with one attached hydrogen (secondary N) is 3. The zero-order chi connectivity index (χ0) is 39.3. The maximum atomic E-state index is 13.2. The van der Waals surface area contributed by atoms with E-state index < -0.39 is 17.9 Å². The number of piperidine rings is 1. The summed E-state index contributed by atoms with van der Waals surface area (Å²) in [5, 5.41) is 16.6. The molecule has 2 saturated heterocycles. The van der Waals surface area contributed by atoms with E-state index in [0.29, 0.717) is 34.9 Å². The van der Waals surface area contributed by atoms with Crippen LogP contribution in [0.5, 0.6) is 5.75 Å². The zero-order valence-corrected chi connectivity index (χ0v) is 31.9. The van der Waals surface area contributed by atoms with Gasteiger partial charge in [-0.15, -0.1) is 0 Å². The highest BCUT2D eigenvalue weighted by atomic mass is 16.5. The quantitative estimate of drug-likeness (QED) is 0.0968. The fraction of sp³-hybridized carbons (Fsp3) is 0.425. The smallest absolute Gasteiger partial charge is 0.329 e. The van der Waals surface area contributed by atoms with Crippen LogP contribution in [0.3, 0.4) is 0 Å². The van der Waals surface area contributed by atoms with E-state index in [4.69, 9.17) is 15.9 Å². The molecule has 0 radical (unpaired) electrons. The molecule has 2 aromatic carbocycles. The van der Waals surface area contributed by atoms with Crippen molar-refractivity contribution in [3.05, 3.63) is 76.5 Å². The zero-order valence-electron chi connectivity index (χ0n) is 31.9. The number of nitrogens with zero attached hydrogens (tertiary/aromatic N) is 7. The van der Waals surface area contributed by atoms with E-state index in [9.17, 15) is 19.2 Å². The van der Waals surface area contributed by atoms with Crippen molar-refractivity contribution in [3.8, 4) is 5.75 Å². The average Bonchev–Trinajstić information content (AvgIpc) is 3.74. The van der Waals surface area contributed by atoms with Crippen molar-refractivity contribution in [1.29, 1.82) is 5.41 Å². The number of nitrogens with two attached hydrogens (primary N) is 1. The highest BCUT2D eigenvalue weighted by Crippen LogP contribution is 2.31. The lowest BCUT2D eigenvalue weighted by atomic mass is 9.87. The van der Waals surface area contributed by atoms with Gasteiger partial charge in [0.05, 0.1) is 35.6 Å². The summed E-state index contributed by atoms with van der Waals surface area (Å²) in [4.78, 5) is 58.9. The predicted molar refractivity (Wildman–Crippen MR) is 215 cm³/mol. The maximum absolute atomic E-state index is 13.2. The van der Waals surface area contributed by atoms with Crippen molar-refractivity contribution < 1.29 is 19.1 Å². The van der Waals surface area contributed by atoms with Crippen molar-refractivity contribution in [2.75, 3.05) is 55.8 Å². The van der Waals surface area contributed by atoms with Crippen LogP contribution in [-0.4, -0.2) is 92.4 Å². The van der Waals surface area contributed by atoms with Crippen LogP contribution in [0.2, 0.25) is 0 Å². The number of fused-ring (bicyclic) bond motifs is 2. The fourth-order valence-corrected chi connectivity index (χ4v) is 8.14. The molecule has 1 saturated carbocycles. The van der Waals surface area contributed by atoms with Gasteiger partial charge in [-0.1, -0.05) is 38.2 Å². The summed E-state index contributed by atoms with van der Waals surface area (Å²) < 4.78 is 9.94. The molecule has 56 heavy (non-hydrogen) atoms. The van der Waals surface area contributed by atoms with Gasteiger partial charge in [0.25, 0.3) is 5.91 Å². The number of imide groups is 1. The maximum Gasteiger partial charge on any atom is 0.329 e. The molecule has 1 aliphatic carbocycles. The molecule has 5 heterocycles. The number of anilines is 3. The molecule has 294 valence electrons. The lowest BCUT2D eigenvalue weighted by Gasteiger charge is -2.37. The Kier molecular flexibility index (Phi) is 11.5. The van der Waals surface area contributed by atoms with Crippen LogP contribution in [-0.2, 0) is 16.6 Å². The fourth-order valence-electron chi connectivity index (χ4n) is 8.14. The molecule has 8 rings (SSSR count). The third kappa shape index (κ3) is 7.87. The van der Waals surface area contributed by atoms with Crippen molar-refractivity contribution in [2.24, 2.45) is 13.0 Å². The molecule has 3 amide bonds. The minimum absolute atomic E-state index is 0.210. The second-order valence-electron chi connectivity index (χ2n) is 14.7. The number of hydrogen-bond acceptors (Lipinski definition) is 11. The molecule has 2 aliphatic heterocycles. The summed E-state index contributed by atoms with van der Waals surface area (Å²) in [6.07, 6.45) is 13.1. The number of carbonyl (C=O) groups excluding carboxylic acids is 3. The normalized spacial score (nSPS) is 18.0. The molecule has 16 nitrogen and oxygen atoms in total. The highest BCUT2D eigenvalue weighted by Gasteiger charge is 2.32. The molecule has 3 aliphatic rings. The number of benzene rings is 2. The lowest BCUT2D eigenvalue weighted by Crippen LogP contribution is -2.47. The molecule has 1 atom stereocenters. The number of rotatable bonds is 9. The van der Waals surface area contributed by atoms with Crippen LogP contribution >= 0.6 is 0 Å². The number of ether oxygens (including phenoxy) is 1. The lowest BCUT2D eigenvalue weighted by molar-refractivity contribution is -0.135. The number of nitrogen functional groups attached to an aromatic ring is 1. The summed E-state index contributed by atoms with van der Waals surface area (Å²) in [6, 6.07) is 11.9. The van der Waals surface area contributed by atoms with E-state index in [-0.39, 0.29) is 23.6 Å². The Bertz CT molecular complexity index is 2310. The number of imidazole rings is 2. The first-order valence-corrected chi connectivity index (χ1v) is 19.3. The van der Waals surface area contributed by atoms with Crippen molar-refractivity contribution >= 4 is 57.8 Å². The number of hydrogen-bond donors (Lipinski definition) is 4. The predicted octanol–water partition coefficient (Wildman–Crippen LogP) is 3.98. The molecule has 0 spiro atoms. The van der Waals surface area contributed by atoms with Crippen LogP contribution in [0.4, 0.5) is 17.2 Å². The van der Waals surface area contributed by atoms with Crippen molar-refractivity contribution in [1.82, 2.24) is 33.9 Å². The number of methoxy groups -OCH3 is 1. The van der Waals surface area contributed by atoms with E-state index >= 15 is 0 Å². The van der Waals surface area contributed by atoms with Crippen LogP contribution in [0, 0.1) is 11.3 Å². The van der Waals surface area contributed by atoms with E-state index in [0.717, 1.165) is 55.0 Å². The highest BCUT2D eigenvalue weighted by molar-refractivity contribution is 6.07. The van der Waals surface area contributed by atoms with Crippen LogP contribution < -0.4 is 31.7 Å². The summed E-state index contributed by atoms with van der Waals surface area (Å²) in [7, 11) is 3.22. The first-order chi connectivity index (χ1) is 27.2. The Morgan fingerprint density at radius 3 is 2.57 bits per heavy atom. The number of aromatic nitrogens is 5. The first-order valence-electron chi connectivity index (χ1n) is 19.3.